The summed E-state index contributed by atoms with van der Waals surface area (Å²) >= 11 is 13.5. The Morgan fingerprint density at radius 3 is 2.50 bits per heavy atom. The number of nitrogens with one attached hydrogen (secondary N) is 1. The highest BCUT2D eigenvalue weighted by molar-refractivity contribution is 7.20. The van der Waals surface area contributed by atoms with Crippen molar-refractivity contribution in [1.82, 2.24) is 5.32 Å². The minimum absolute atomic E-state index is 0.348. The van der Waals surface area contributed by atoms with Crippen molar-refractivity contribution in [2.45, 2.75) is 33.1 Å². The molecule has 0 aliphatic heterocycles. The van der Waals surface area contributed by atoms with Crippen LogP contribution in [0.2, 0.25) is 8.67 Å². The number of thiophene rings is 1. The van der Waals surface area contributed by atoms with Crippen LogP contribution in [0.1, 0.15) is 32.3 Å². The van der Waals surface area contributed by atoms with Gasteiger partial charge in [-0.05, 0) is 49.9 Å². The molecule has 92 valence electrons. The summed E-state index contributed by atoms with van der Waals surface area (Å²) in [5, 5.41) is 3.19. The van der Waals surface area contributed by atoms with E-state index in [0.29, 0.717) is 5.41 Å². The van der Waals surface area contributed by atoms with Crippen LogP contribution >= 0.6 is 34.5 Å². The van der Waals surface area contributed by atoms with E-state index in [1.807, 2.05) is 13.1 Å². The van der Waals surface area contributed by atoms with Gasteiger partial charge in [0.05, 0.1) is 8.67 Å². The van der Waals surface area contributed by atoms with Crippen molar-refractivity contribution in [3.63, 3.8) is 0 Å². The van der Waals surface area contributed by atoms with E-state index in [1.54, 1.807) is 0 Å². The maximum Gasteiger partial charge on any atom is 0.0976 e. The lowest BCUT2D eigenvalue weighted by atomic mass is 9.83. The van der Waals surface area contributed by atoms with Gasteiger partial charge in [-0.15, -0.1) is 11.3 Å². The molecular weight excluding hydrogens is 261 g/mol. The van der Waals surface area contributed by atoms with E-state index >= 15 is 0 Å². The van der Waals surface area contributed by atoms with Gasteiger partial charge < -0.3 is 5.32 Å². The Balaban J connectivity index is 2.47. The molecule has 1 aromatic rings. The normalized spacial score (nSPS) is 12.1. The lowest BCUT2D eigenvalue weighted by molar-refractivity contribution is 0.306. The fourth-order valence-electron chi connectivity index (χ4n) is 1.61. The van der Waals surface area contributed by atoms with Crippen LogP contribution in [0.3, 0.4) is 0 Å². The summed E-state index contributed by atoms with van der Waals surface area (Å²) in [5.41, 5.74) is 1.54. The van der Waals surface area contributed by atoms with Gasteiger partial charge >= 0.3 is 0 Å². The Bertz CT molecular complexity index is 334. The quantitative estimate of drug-likeness (QED) is 0.801. The molecule has 0 saturated carbocycles. The molecule has 0 bridgehead atoms. The topological polar surface area (TPSA) is 12.0 Å². The monoisotopic (exact) mass is 279 g/mol. The number of halogens is 2. The van der Waals surface area contributed by atoms with Gasteiger partial charge in [-0.2, -0.15) is 0 Å². The Labute approximate surface area is 112 Å². The van der Waals surface area contributed by atoms with Crippen LogP contribution in [0.15, 0.2) is 6.07 Å². The summed E-state index contributed by atoms with van der Waals surface area (Å²) in [6.45, 7) is 5.66. The number of rotatable bonds is 6. The SMILES string of the molecule is CNCCC(C)(C)CCc1cc(Cl)sc1Cl. The second kappa shape index (κ2) is 6.25. The van der Waals surface area contributed by atoms with E-state index in [2.05, 4.69) is 19.2 Å². The molecule has 1 N–H and O–H groups in total. The van der Waals surface area contributed by atoms with E-state index in [0.717, 1.165) is 28.1 Å². The molecule has 0 radical (unpaired) electrons. The van der Waals surface area contributed by atoms with E-state index in [4.69, 9.17) is 23.2 Å². The number of hydrogen-bond acceptors (Lipinski definition) is 2. The van der Waals surface area contributed by atoms with Gasteiger partial charge in [0.2, 0.25) is 0 Å². The van der Waals surface area contributed by atoms with Crippen molar-refractivity contribution < 1.29 is 0 Å². The third-order valence-corrected chi connectivity index (χ3v) is 4.42. The van der Waals surface area contributed by atoms with E-state index < -0.39 is 0 Å². The highest BCUT2D eigenvalue weighted by Gasteiger charge is 2.18. The van der Waals surface area contributed by atoms with E-state index in [9.17, 15) is 0 Å². The minimum atomic E-state index is 0.348. The highest BCUT2D eigenvalue weighted by atomic mass is 35.5. The predicted molar refractivity (Wildman–Crippen MR) is 75.0 cm³/mol. The zero-order valence-corrected chi connectivity index (χ0v) is 12.4. The molecule has 0 spiro atoms. The van der Waals surface area contributed by atoms with Crippen LogP contribution in [-0.4, -0.2) is 13.6 Å². The number of hydrogen-bond donors (Lipinski definition) is 1. The summed E-state index contributed by atoms with van der Waals surface area (Å²) < 4.78 is 1.63. The summed E-state index contributed by atoms with van der Waals surface area (Å²) in [7, 11) is 1.99. The van der Waals surface area contributed by atoms with Crippen molar-refractivity contribution in [3.8, 4) is 0 Å². The second-order valence-corrected chi connectivity index (χ2v) is 7.15. The first-order chi connectivity index (χ1) is 7.44. The van der Waals surface area contributed by atoms with Crippen molar-refractivity contribution >= 4 is 34.5 Å². The summed E-state index contributed by atoms with van der Waals surface area (Å²) in [4.78, 5) is 0. The highest BCUT2D eigenvalue weighted by Crippen LogP contribution is 2.34. The van der Waals surface area contributed by atoms with Crippen molar-refractivity contribution in [2.75, 3.05) is 13.6 Å². The first-order valence-corrected chi connectivity index (χ1v) is 7.10. The van der Waals surface area contributed by atoms with Gasteiger partial charge in [0.15, 0.2) is 0 Å². The molecule has 1 nitrogen and oxygen atoms in total. The van der Waals surface area contributed by atoms with Gasteiger partial charge in [-0.25, -0.2) is 0 Å². The van der Waals surface area contributed by atoms with Crippen LogP contribution < -0.4 is 5.32 Å². The fourth-order valence-corrected chi connectivity index (χ4v) is 3.15. The lowest BCUT2D eigenvalue weighted by Gasteiger charge is -2.24. The predicted octanol–water partition coefficient (Wildman–Crippen LogP) is 4.62. The van der Waals surface area contributed by atoms with Crippen molar-refractivity contribution in [2.24, 2.45) is 5.41 Å². The van der Waals surface area contributed by atoms with Crippen LogP contribution in [-0.2, 0) is 6.42 Å². The third kappa shape index (κ3) is 4.62. The molecular formula is C12H19Cl2NS. The molecule has 16 heavy (non-hydrogen) atoms. The maximum absolute atomic E-state index is 6.10. The smallest absolute Gasteiger partial charge is 0.0976 e. The van der Waals surface area contributed by atoms with Crippen LogP contribution in [0.25, 0.3) is 0 Å². The molecule has 0 fully saturated rings. The van der Waals surface area contributed by atoms with Crippen LogP contribution in [0, 0.1) is 5.41 Å². The summed E-state index contributed by atoms with van der Waals surface area (Å²) in [6.07, 6.45) is 3.33. The average Bonchev–Trinajstić information content (AvgIpc) is 2.52. The van der Waals surface area contributed by atoms with E-state index in [-0.39, 0.29) is 0 Å². The molecule has 1 heterocycles. The molecule has 0 atom stereocenters. The first-order valence-electron chi connectivity index (χ1n) is 5.53. The second-order valence-electron chi connectivity index (χ2n) is 4.87. The fraction of sp³-hybridized carbons (Fsp3) is 0.667. The molecule has 4 heteroatoms. The molecule has 0 amide bonds. The number of aryl methyl sites for hydroxylation is 1. The minimum Gasteiger partial charge on any atom is -0.320 e. The lowest BCUT2D eigenvalue weighted by Crippen LogP contribution is -2.20. The maximum atomic E-state index is 6.10. The molecule has 0 aliphatic carbocycles. The largest absolute Gasteiger partial charge is 0.320 e. The Morgan fingerprint density at radius 2 is 2.00 bits per heavy atom. The summed E-state index contributed by atoms with van der Waals surface area (Å²) in [6, 6.07) is 1.99. The molecule has 0 unspecified atom stereocenters. The van der Waals surface area contributed by atoms with Crippen LogP contribution in [0.5, 0.6) is 0 Å². The van der Waals surface area contributed by atoms with Gasteiger partial charge in [0.1, 0.15) is 0 Å². The van der Waals surface area contributed by atoms with Crippen molar-refractivity contribution in [3.05, 3.63) is 20.3 Å². The average molecular weight is 280 g/mol. The molecule has 0 aromatic carbocycles. The van der Waals surface area contributed by atoms with Crippen molar-refractivity contribution in [1.29, 1.82) is 0 Å². The molecule has 0 aliphatic rings. The Hall–Kier alpha value is 0.240. The Kier molecular flexibility index (Phi) is 5.58. The molecule has 1 rings (SSSR count). The standard InChI is InChI=1S/C12H19Cl2NS/c1-12(2,6-7-15-3)5-4-9-8-10(13)16-11(9)14/h8,15H,4-7H2,1-3H3. The van der Waals surface area contributed by atoms with Gasteiger partial charge in [-0.1, -0.05) is 37.0 Å². The molecule has 1 aromatic heterocycles. The van der Waals surface area contributed by atoms with Gasteiger partial charge in [0, 0.05) is 0 Å². The van der Waals surface area contributed by atoms with Crippen LogP contribution in [0.4, 0.5) is 0 Å². The zero-order chi connectivity index (χ0) is 12.2. The summed E-state index contributed by atoms with van der Waals surface area (Å²) in [5.74, 6) is 0. The van der Waals surface area contributed by atoms with Gasteiger partial charge in [-0.3, -0.25) is 0 Å². The first kappa shape index (κ1) is 14.3. The Morgan fingerprint density at radius 1 is 1.31 bits per heavy atom. The van der Waals surface area contributed by atoms with Gasteiger partial charge in [0.25, 0.3) is 0 Å². The zero-order valence-electron chi connectivity index (χ0n) is 10.1. The third-order valence-electron chi connectivity index (χ3n) is 2.85. The van der Waals surface area contributed by atoms with E-state index in [1.165, 1.54) is 23.3 Å². The molecule has 0 saturated heterocycles.